The number of hydrogen-bond acceptors (Lipinski definition) is 3. The first kappa shape index (κ1) is 12.0. The largest absolute Gasteiger partial charge is 0.399 e. The molecule has 1 amide bonds. The third kappa shape index (κ3) is 2.06. The van der Waals surface area contributed by atoms with Gasteiger partial charge in [-0.25, -0.2) is 0 Å². The molecule has 1 aliphatic heterocycles. The molecular formula is C14H17N3O2. The molecule has 0 aliphatic carbocycles. The Kier molecular flexibility index (Phi) is 2.53. The third-order valence-electron chi connectivity index (χ3n) is 3.68. The molecule has 1 aliphatic rings. The molecule has 0 bridgehead atoms. The number of rotatable bonds is 1. The minimum atomic E-state index is -0.772. The summed E-state index contributed by atoms with van der Waals surface area (Å²) in [4.78, 5) is 17.2. The van der Waals surface area contributed by atoms with E-state index in [0.29, 0.717) is 30.8 Å². The predicted molar refractivity (Wildman–Crippen MR) is 73.9 cm³/mol. The first-order chi connectivity index (χ1) is 8.96. The number of H-pyrrole nitrogens is 1. The summed E-state index contributed by atoms with van der Waals surface area (Å²) in [7, 11) is 0. The highest BCUT2D eigenvalue weighted by molar-refractivity contribution is 6.07. The average molecular weight is 259 g/mol. The highest BCUT2D eigenvalue weighted by Gasteiger charge is 2.34. The van der Waals surface area contributed by atoms with E-state index in [2.05, 4.69) is 4.98 Å². The quantitative estimate of drug-likeness (QED) is 0.676. The molecule has 1 atom stereocenters. The molecule has 4 N–H and O–H groups in total. The van der Waals surface area contributed by atoms with Crippen LogP contribution >= 0.6 is 0 Å². The summed E-state index contributed by atoms with van der Waals surface area (Å²) in [5, 5.41) is 10.8. The van der Waals surface area contributed by atoms with Gasteiger partial charge in [0.05, 0.1) is 11.2 Å². The van der Waals surface area contributed by atoms with Crippen molar-refractivity contribution in [3.8, 4) is 0 Å². The molecule has 1 saturated heterocycles. The molecule has 0 saturated carbocycles. The van der Waals surface area contributed by atoms with Gasteiger partial charge in [0, 0.05) is 35.9 Å². The first-order valence-corrected chi connectivity index (χ1v) is 6.34. The Hall–Kier alpha value is -2.01. The van der Waals surface area contributed by atoms with Gasteiger partial charge in [-0.15, -0.1) is 0 Å². The van der Waals surface area contributed by atoms with Gasteiger partial charge in [0.25, 0.3) is 5.91 Å². The van der Waals surface area contributed by atoms with E-state index in [4.69, 9.17) is 5.73 Å². The van der Waals surface area contributed by atoms with Crippen molar-refractivity contribution >= 4 is 22.5 Å². The molecule has 3 rings (SSSR count). The minimum absolute atomic E-state index is 0.0474. The zero-order chi connectivity index (χ0) is 13.6. The van der Waals surface area contributed by atoms with Gasteiger partial charge in [0.2, 0.25) is 0 Å². The number of carbonyl (C=O) groups excluding carboxylic acids is 1. The number of nitrogens with two attached hydrogens (primary N) is 1. The normalized spacial score (nSPS) is 23.2. The fourth-order valence-corrected chi connectivity index (χ4v) is 2.61. The maximum atomic E-state index is 12.5. The second-order valence-electron chi connectivity index (χ2n) is 5.48. The number of β-amino-alcohol motifs (C(OH)–C–C–N with tert-alkyl or cyclic N) is 1. The van der Waals surface area contributed by atoms with Crippen LogP contribution in [0.1, 0.15) is 23.7 Å². The molecule has 19 heavy (non-hydrogen) atoms. The number of nitrogen functional groups attached to an aromatic ring is 1. The van der Waals surface area contributed by atoms with E-state index in [0.717, 1.165) is 10.9 Å². The van der Waals surface area contributed by atoms with Gasteiger partial charge >= 0.3 is 0 Å². The number of amides is 1. The summed E-state index contributed by atoms with van der Waals surface area (Å²) in [5.41, 5.74) is 7.10. The van der Waals surface area contributed by atoms with Crippen molar-refractivity contribution in [1.82, 2.24) is 9.88 Å². The number of hydrogen-bond donors (Lipinski definition) is 3. The molecule has 0 radical (unpaired) electrons. The molecule has 0 spiro atoms. The van der Waals surface area contributed by atoms with Crippen LogP contribution in [0.2, 0.25) is 0 Å². The lowest BCUT2D eigenvalue weighted by Crippen LogP contribution is -2.33. The standard InChI is InChI=1S/C14H17N3O2/c1-14(19)4-5-17(8-14)13(18)11-7-16-12-6-9(15)2-3-10(11)12/h2-3,6-7,16,19H,4-5,8,15H2,1H3. The second-order valence-corrected chi connectivity index (χ2v) is 5.48. The second kappa shape index (κ2) is 3.99. The van der Waals surface area contributed by atoms with E-state index in [1.807, 2.05) is 12.1 Å². The average Bonchev–Trinajstić information content (AvgIpc) is 2.91. The zero-order valence-corrected chi connectivity index (χ0v) is 10.8. The Bertz CT molecular complexity index is 645. The van der Waals surface area contributed by atoms with E-state index < -0.39 is 5.60 Å². The van der Waals surface area contributed by atoms with Crippen molar-refractivity contribution in [2.45, 2.75) is 18.9 Å². The molecule has 2 heterocycles. The highest BCUT2D eigenvalue weighted by Crippen LogP contribution is 2.26. The zero-order valence-electron chi connectivity index (χ0n) is 10.8. The van der Waals surface area contributed by atoms with Crippen LogP contribution in [0.5, 0.6) is 0 Å². The van der Waals surface area contributed by atoms with Crippen molar-refractivity contribution in [2.24, 2.45) is 0 Å². The van der Waals surface area contributed by atoms with E-state index >= 15 is 0 Å². The number of likely N-dealkylation sites (tertiary alicyclic amines) is 1. The number of benzene rings is 1. The van der Waals surface area contributed by atoms with Crippen molar-refractivity contribution in [3.63, 3.8) is 0 Å². The maximum Gasteiger partial charge on any atom is 0.256 e. The van der Waals surface area contributed by atoms with Gasteiger partial charge < -0.3 is 20.7 Å². The summed E-state index contributed by atoms with van der Waals surface area (Å²) in [6, 6.07) is 5.45. The molecule has 1 aromatic heterocycles. The van der Waals surface area contributed by atoms with Gasteiger partial charge in [-0.3, -0.25) is 4.79 Å². The lowest BCUT2D eigenvalue weighted by Gasteiger charge is -2.18. The topological polar surface area (TPSA) is 82.3 Å². The number of anilines is 1. The number of aromatic nitrogens is 1. The van der Waals surface area contributed by atoms with E-state index in [-0.39, 0.29) is 5.91 Å². The van der Waals surface area contributed by atoms with Crippen LogP contribution in [0.3, 0.4) is 0 Å². The number of nitrogens with zero attached hydrogens (tertiary/aromatic N) is 1. The monoisotopic (exact) mass is 259 g/mol. The molecule has 5 heteroatoms. The Morgan fingerprint density at radius 1 is 1.53 bits per heavy atom. The van der Waals surface area contributed by atoms with Crippen molar-refractivity contribution in [3.05, 3.63) is 30.0 Å². The van der Waals surface area contributed by atoms with Crippen LogP contribution in [0.15, 0.2) is 24.4 Å². The number of carbonyl (C=O) groups is 1. The SMILES string of the molecule is CC1(O)CCN(C(=O)c2c[nH]c3cc(N)ccc23)C1. The van der Waals surface area contributed by atoms with Crippen LogP contribution in [0, 0.1) is 0 Å². The van der Waals surface area contributed by atoms with Gasteiger partial charge in [0.15, 0.2) is 0 Å². The van der Waals surface area contributed by atoms with Gasteiger partial charge in [-0.2, -0.15) is 0 Å². The molecular weight excluding hydrogens is 242 g/mol. The molecule has 2 aromatic rings. The summed E-state index contributed by atoms with van der Waals surface area (Å²) in [5.74, 6) is -0.0474. The van der Waals surface area contributed by atoms with Crippen LogP contribution in [0.25, 0.3) is 10.9 Å². The minimum Gasteiger partial charge on any atom is -0.399 e. The van der Waals surface area contributed by atoms with E-state index in [1.54, 1.807) is 24.1 Å². The molecule has 1 aromatic carbocycles. The van der Waals surface area contributed by atoms with Gasteiger partial charge in [-0.1, -0.05) is 0 Å². The molecule has 1 unspecified atom stereocenters. The summed E-state index contributed by atoms with van der Waals surface area (Å²) >= 11 is 0. The molecule has 100 valence electrons. The van der Waals surface area contributed by atoms with Crippen LogP contribution < -0.4 is 5.73 Å². The van der Waals surface area contributed by atoms with Crippen LogP contribution in [0.4, 0.5) is 5.69 Å². The van der Waals surface area contributed by atoms with E-state index in [1.165, 1.54) is 0 Å². The third-order valence-corrected chi connectivity index (χ3v) is 3.68. The number of aliphatic hydroxyl groups is 1. The number of fused-ring (bicyclic) bond motifs is 1. The van der Waals surface area contributed by atoms with Crippen LogP contribution in [-0.4, -0.2) is 39.6 Å². The summed E-state index contributed by atoms with van der Waals surface area (Å²) in [6.45, 7) is 2.73. The molecule has 5 nitrogen and oxygen atoms in total. The van der Waals surface area contributed by atoms with Crippen molar-refractivity contribution in [1.29, 1.82) is 0 Å². The van der Waals surface area contributed by atoms with Gasteiger partial charge in [-0.05, 0) is 31.5 Å². The maximum absolute atomic E-state index is 12.5. The Morgan fingerprint density at radius 3 is 3.00 bits per heavy atom. The van der Waals surface area contributed by atoms with Gasteiger partial charge in [0.1, 0.15) is 0 Å². The fraction of sp³-hybridized carbons (Fsp3) is 0.357. The fourth-order valence-electron chi connectivity index (χ4n) is 2.61. The molecule has 1 fully saturated rings. The number of nitrogens with one attached hydrogen (secondary N) is 1. The lowest BCUT2D eigenvalue weighted by molar-refractivity contribution is 0.0573. The Balaban J connectivity index is 1.94. The lowest BCUT2D eigenvalue weighted by atomic mass is 10.1. The van der Waals surface area contributed by atoms with Crippen LogP contribution in [-0.2, 0) is 0 Å². The summed E-state index contributed by atoms with van der Waals surface area (Å²) in [6.07, 6.45) is 2.33. The highest BCUT2D eigenvalue weighted by atomic mass is 16.3. The summed E-state index contributed by atoms with van der Waals surface area (Å²) < 4.78 is 0. The van der Waals surface area contributed by atoms with Crippen molar-refractivity contribution in [2.75, 3.05) is 18.8 Å². The van der Waals surface area contributed by atoms with Crippen molar-refractivity contribution < 1.29 is 9.90 Å². The Labute approximate surface area is 111 Å². The smallest absolute Gasteiger partial charge is 0.256 e. The van der Waals surface area contributed by atoms with E-state index in [9.17, 15) is 9.90 Å². The number of aromatic amines is 1. The Morgan fingerprint density at radius 2 is 2.32 bits per heavy atom. The predicted octanol–water partition coefficient (Wildman–Crippen LogP) is 1.35. The first-order valence-electron chi connectivity index (χ1n) is 6.34.